The molecule has 0 fully saturated rings. The summed E-state index contributed by atoms with van der Waals surface area (Å²) < 4.78 is 27.2. The number of hydrogen-bond acceptors (Lipinski definition) is 7. The summed E-state index contributed by atoms with van der Waals surface area (Å²) in [6.45, 7) is 9.86. The molecule has 3 N–H and O–H groups in total. The second kappa shape index (κ2) is 17.8. The first kappa shape index (κ1) is 37.6. The number of rotatable bonds is 10. The molecule has 1 amide bonds. The van der Waals surface area contributed by atoms with Gasteiger partial charge in [-0.05, 0) is 97.3 Å². The second-order valence-corrected chi connectivity index (χ2v) is 12.3. The molecule has 2 rings (SSSR count). The number of Topliss-reactive ketones (excluding diaryl/α,β-unsaturated/α-hetero) is 1. The highest BCUT2D eigenvalue weighted by atomic mass is 35.5. The van der Waals surface area contributed by atoms with Crippen LogP contribution in [0.4, 0.5) is 22.7 Å². The van der Waals surface area contributed by atoms with Gasteiger partial charge < -0.3 is 15.3 Å². The van der Waals surface area contributed by atoms with Gasteiger partial charge in [0.1, 0.15) is 0 Å². The van der Waals surface area contributed by atoms with E-state index in [-0.39, 0.29) is 51.5 Å². The Morgan fingerprint density at radius 1 is 1.00 bits per heavy atom. The summed E-state index contributed by atoms with van der Waals surface area (Å²) in [5.74, 6) is 21.7. The summed E-state index contributed by atoms with van der Waals surface area (Å²) in [6, 6.07) is 9.36. The standard InChI is InChI=1S/C36H31ClN4O5S.16H2/c1-7-9-10-11-12-13-14-15-16-17-24-47(45,46)40-28-18-20-30(37)32(26-28)39-35(44)33(34(43)36(4,5)6)38-31-21-19-29(25-27(31)3)41(8-2)22-23-42;;;;;;;;;;;;;;;;/h1,18-21,25-26,40,42H,8,22-23H2,2-6H3,(H,39,44);16*1H. The Morgan fingerprint density at radius 3 is 2.17 bits per heavy atom. The van der Waals surface area contributed by atoms with Crippen LogP contribution in [0.3, 0.4) is 0 Å². The van der Waals surface area contributed by atoms with Crippen molar-refractivity contribution in [3.05, 3.63) is 47.0 Å². The molecule has 0 saturated heterocycles. The van der Waals surface area contributed by atoms with E-state index in [1.165, 1.54) is 18.2 Å². The van der Waals surface area contributed by atoms with Crippen molar-refractivity contribution >= 4 is 61.8 Å². The monoisotopic (exact) mass is 698 g/mol. The average Bonchev–Trinajstić information content (AvgIpc) is 3.00. The van der Waals surface area contributed by atoms with Gasteiger partial charge in [-0.3, -0.25) is 14.3 Å². The highest BCUT2D eigenvalue weighted by Crippen LogP contribution is 2.29. The highest BCUT2D eigenvalue weighted by molar-refractivity contribution is 7.97. The van der Waals surface area contributed by atoms with E-state index in [0.29, 0.717) is 24.3 Å². The third kappa shape index (κ3) is 12.4. The number of aliphatic imine (C=N–C) groups is 1. The predicted octanol–water partition coefficient (Wildman–Crippen LogP) is 8.08. The minimum atomic E-state index is -4.19. The van der Waals surface area contributed by atoms with Crippen molar-refractivity contribution < 1.29 is 45.9 Å². The Labute approximate surface area is 305 Å². The van der Waals surface area contributed by atoms with Crippen molar-refractivity contribution in [2.24, 2.45) is 10.4 Å². The summed E-state index contributed by atoms with van der Waals surface area (Å²) in [5, 5.41) is 14.0. The lowest BCUT2D eigenvalue weighted by Gasteiger charge is -2.23. The molecule has 2 aromatic carbocycles. The molecule has 0 saturated carbocycles. The number of anilines is 3. The van der Waals surface area contributed by atoms with Crippen LogP contribution >= 0.6 is 11.6 Å². The van der Waals surface area contributed by atoms with Crippen LogP contribution in [0, 0.1) is 83.2 Å². The Bertz CT molecular complexity index is 2100. The zero-order valence-electron chi connectivity index (χ0n) is 26.4. The first-order valence-corrected chi connectivity index (χ1v) is 15.8. The van der Waals surface area contributed by atoms with Gasteiger partial charge >= 0.3 is 10.0 Å². The van der Waals surface area contributed by atoms with E-state index in [4.69, 9.17) is 18.0 Å². The van der Waals surface area contributed by atoms with Crippen molar-refractivity contribution in [2.45, 2.75) is 34.6 Å². The van der Waals surface area contributed by atoms with Crippen molar-refractivity contribution in [3.63, 3.8) is 0 Å². The number of aliphatic hydroxyl groups excluding tert-OH is 1. The molecule has 0 atom stereocenters. The summed E-state index contributed by atoms with van der Waals surface area (Å²) in [6.07, 6.45) is 4.96. The van der Waals surface area contributed by atoms with Gasteiger partial charge in [-0.2, -0.15) is 8.42 Å². The number of benzene rings is 2. The summed E-state index contributed by atoms with van der Waals surface area (Å²) >= 11 is 6.31. The molecule has 0 aliphatic rings. The maximum Gasteiger partial charge on any atom is 0.302 e. The fourth-order valence-electron chi connectivity index (χ4n) is 3.63. The average molecular weight is 699 g/mol. The van der Waals surface area contributed by atoms with E-state index < -0.39 is 27.1 Å². The topological polar surface area (TPSA) is 128 Å². The smallest absolute Gasteiger partial charge is 0.302 e. The van der Waals surface area contributed by atoms with Gasteiger partial charge in [-0.25, -0.2) is 4.99 Å². The molecule has 9 nitrogen and oxygen atoms in total. The van der Waals surface area contributed by atoms with Gasteiger partial charge in [0.2, 0.25) is 0 Å². The van der Waals surface area contributed by atoms with Crippen LogP contribution in [-0.4, -0.2) is 50.6 Å². The highest BCUT2D eigenvalue weighted by Gasteiger charge is 2.31. The minimum Gasteiger partial charge on any atom is -0.395 e. The molecule has 270 valence electrons. The van der Waals surface area contributed by atoms with Gasteiger partial charge in [0.25, 0.3) is 5.91 Å². The van der Waals surface area contributed by atoms with Crippen molar-refractivity contribution in [3.8, 4) is 70.9 Å². The van der Waals surface area contributed by atoms with Crippen LogP contribution in [0.2, 0.25) is 5.02 Å². The number of carbonyl (C=O) groups is 2. The molecule has 0 radical (unpaired) electrons. The SMILES string of the molecule is C#CC#CC#CC#CC#CC#CS(=O)(=O)Nc1ccc(Cl)c(NC(=O)C(=Nc2ccc(N(CC)CCO)cc2C)C(=O)C(C)(C)C)c1.[HH].[HH].[HH].[HH].[HH].[HH].[HH].[HH].[HH].[HH].[HH].[HH].[HH].[HH].[HH].[HH]. The molecule has 2 aromatic rings. The largest absolute Gasteiger partial charge is 0.395 e. The first-order valence-electron chi connectivity index (χ1n) is 13.9. The van der Waals surface area contributed by atoms with Crippen LogP contribution < -0.4 is 14.9 Å². The Kier molecular flexibility index (Phi) is 14.2. The van der Waals surface area contributed by atoms with Gasteiger partial charge in [-0.1, -0.05) is 32.4 Å². The lowest BCUT2D eigenvalue weighted by atomic mass is 9.87. The number of amides is 1. The lowest BCUT2D eigenvalue weighted by molar-refractivity contribution is -0.121. The van der Waals surface area contributed by atoms with E-state index in [9.17, 15) is 23.1 Å². The van der Waals surface area contributed by atoms with Crippen LogP contribution in [0.1, 0.15) is 56.1 Å². The predicted molar refractivity (Wildman–Crippen MR) is 222 cm³/mol. The molecule has 0 unspecified atom stereocenters. The summed E-state index contributed by atoms with van der Waals surface area (Å²) in [5.41, 5.74) is 0.704. The summed E-state index contributed by atoms with van der Waals surface area (Å²) in [7, 11) is -4.19. The Hall–Kier alpha value is -5.59. The number of carbonyl (C=O) groups excluding carboxylic acids is 2. The second-order valence-electron chi connectivity index (χ2n) is 10.4. The van der Waals surface area contributed by atoms with E-state index >= 15 is 0 Å². The number of nitrogens with zero attached hydrogens (tertiary/aromatic N) is 2. The number of likely N-dealkylation sites (N-methyl/N-ethyl adjacent to an activating group) is 1. The number of ketones is 1. The normalized spacial score (nSPS) is 10.3. The molecule has 0 bridgehead atoms. The van der Waals surface area contributed by atoms with Crippen LogP contribution in [-0.2, 0) is 19.6 Å². The van der Waals surface area contributed by atoms with E-state index in [0.717, 1.165) is 5.69 Å². The van der Waals surface area contributed by atoms with Gasteiger partial charge in [0.05, 0.1) is 33.9 Å². The van der Waals surface area contributed by atoms with Crippen molar-refractivity contribution in [1.29, 1.82) is 0 Å². The molecule has 0 spiro atoms. The van der Waals surface area contributed by atoms with Gasteiger partial charge in [0.15, 0.2) is 11.5 Å². The lowest BCUT2D eigenvalue weighted by Crippen LogP contribution is -2.37. The van der Waals surface area contributed by atoms with E-state index in [2.05, 4.69) is 74.2 Å². The van der Waals surface area contributed by atoms with Crippen molar-refractivity contribution in [1.82, 2.24) is 0 Å². The quantitative estimate of drug-likeness (QED) is 0.131. The number of nitrogens with one attached hydrogen (secondary N) is 2. The summed E-state index contributed by atoms with van der Waals surface area (Å²) in [4.78, 5) is 33.3. The third-order valence-corrected chi connectivity index (χ3v) is 7.07. The number of aliphatic hydroxyl groups is 1. The fourth-order valence-corrected chi connectivity index (χ4v) is 4.47. The first-order chi connectivity index (χ1) is 22.2. The maximum absolute atomic E-state index is 13.5. The molecule has 0 aliphatic carbocycles. The van der Waals surface area contributed by atoms with E-state index in [1.54, 1.807) is 39.8 Å². The molecular weight excluding hydrogens is 636 g/mol. The van der Waals surface area contributed by atoms with Gasteiger partial charge in [0, 0.05) is 64.8 Å². The number of aryl methyl sites for hydroxylation is 1. The third-order valence-electron chi connectivity index (χ3n) is 5.87. The van der Waals surface area contributed by atoms with Gasteiger partial charge in [-0.15, -0.1) is 6.42 Å². The molecule has 47 heavy (non-hydrogen) atoms. The van der Waals surface area contributed by atoms with E-state index in [1.807, 2.05) is 23.1 Å². The number of terminal acetylenes is 1. The van der Waals surface area contributed by atoms with Crippen LogP contribution in [0.25, 0.3) is 0 Å². The Balaban J connectivity index is -0.000000111. The maximum atomic E-state index is 13.5. The number of halogens is 1. The Morgan fingerprint density at radius 2 is 1.62 bits per heavy atom. The number of sulfonamides is 1. The van der Waals surface area contributed by atoms with Crippen LogP contribution in [0.15, 0.2) is 41.4 Å². The zero-order chi connectivity index (χ0) is 35.0. The molecular formula is C36H63ClN4O5S. The zero-order valence-corrected chi connectivity index (χ0v) is 28.0. The molecule has 11 heteroatoms. The molecule has 0 aromatic heterocycles. The molecule has 0 aliphatic heterocycles. The fraction of sp³-hybridized carbons (Fsp3) is 0.250. The van der Waals surface area contributed by atoms with Crippen LogP contribution in [0.5, 0.6) is 0 Å². The minimum absolute atomic E-state index is 0. The number of hydrogen-bond donors (Lipinski definition) is 3. The molecule has 0 heterocycles. The van der Waals surface area contributed by atoms with Crippen molar-refractivity contribution in [2.75, 3.05) is 34.6 Å².